The molecule has 1 fully saturated rings. The van der Waals surface area contributed by atoms with Crippen LogP contribution in [0.5, 0.6) is 0 Å². The Morgan fingerprint density at radius 1 is 1.61 bits per heavy atom. The lowest BCUT2D eigenvalue weighted by Gasteiger charge is -2.08. The van der Waals surface area contributed by atoms with E-state index in [9.17, 15) is 9.59 Å². The predicted molar refractivity (Wildman–Crippen MR) is 64.5 cm³/mol. The molecule has 1 aromatic heterocycles. The first-order chi connectivity index (χ1) is 8.65. The molecular formula is C11H14N2O4S. The highest BCUT2D eigenvalue weighted by atomic mass is 32.1. The SMILES string of the molecule is O=C(C[C@H]1CCCO1)NCc1nc(C(=O)O)cs1. The fourth-order valence-corrected chi connectivity index (χ4v) is 2.46. The maximum atomic E-state index is 11.6. The van der Waals surface area contributed by atoms with Crippen LogP contribution < -0.4 is 5.32 Å². The van der Waals surface area contributed by atoms with Gasteiger partial charge in [-0.1, -0.05) is 0 Å². The first kappa shape index (κ1) is 13.0. The van der Waals surface area contributed by atoms with E-state index in [1.54, 1.807) is 0 Å². The third-order valence-electron chi connectivity index (χ3n) is 2.64. The van der Waals surface area contributed by atoms with Gasteiger partial charge in [-0.15, -0.1) is 11.3 Å². The summed E-state index contributed by atoms with van der Waals surface area (Å²) < 4.78 is 5.36. The van der Waals surface area contributed by atoms with Crippen LogP contribution in [0.4, 0.5) is 0 Å². The van der Waals surface area contributed by atoms with Gasteiger partial charge >= 0.3 is 5.97 Å². The predicted octanol–water partition coefficient (Wildman–Crippen LogP) is 1.03. The molecule has 0 radical (unpaired) electrons. The minimum absolute atomic E-state index is 0.0170. The molecule has 2 heterocycles. The monoisotopic (exact) mass is 270 g/mol. The summed E-state index contributed by atoms with van der Waals surface area (Å²) in [4.78, 5) is 26.1. The van der Waals surface area contributed by atoms with Gasteiger partial charge in [0.2, 0.25) is 5.91 Å². The van der Waals surface area contributed by atoms with Crippen LogP contribution in [0, 0.1) is 0 Å². The van der Waals surface area contributed by atoms with E-state index < -0.39 is 5.97 Å². The van der Waals surface area contributed by atoms with Gasteiger partial charge in [-0.2, -0.15) is 0 Å². The summed E-state index contributed by atoms with van der Waals surface area (Å²) in [7, 11) is 0. The van der Waals surface area contributed by atoms with Crippen molar-refractivity contribution in [3.8, 4) is 0 Å². The van der Waals surface area contributed by atoms with Crippen LogP contribution in [-0.2, 0) is 16.1 Å². The lowest BCUT2D eigenvalue weighted by molar-refractivity contribution is -0.123. The Labute approximate surface area is 108 Å². The first-order valence-electron chi connectivity index (χ1n) is 5.71. The topological polar surface area (TPSA) is 88.5 Å². The number of hydrogen-bond donors (Lipinski definition) is 2. The number of nitrogens with zero attached hydrogens (tertiary/aromatic N) is 1. The molecule has 98 valence electrons. The van der Waals surface area contributed by atoms with E-state index in [1.807, 2.05) is 0 Å². The zero-order chi connectivity index (χ0) is 13.0. The standard InChI is InChI=1S/C11H14N2O4S/c14-9(4-7-2-1-3-17-7)12-5-10-13-8(6-18-10)11(15)16/h6-7H,1-5H2,(H,12,14)(H,15,16)/t7-/m1/s1. The molecule has 1 aliphatic rings. The fraction of sp³-hybridized carbons (Fsp3) is 0.545. The Balaban J connectivity index is 1.76. The number of hydrogen-bond acceptors (Lipinski definition) is 5. The van der Waals surface area contributed by atoms with Crippen molar-refractivity contribution in [2.45, 2.75) is 31.9 Å². The van der Waals surface area contributed by atoms with Gasteiger partial charge in [-0.25, -0.2) is 9.78 Å². The number of aromatic carboxylic acids is 1. The molecule has 1 amide bonds. The normalized spacial score (nSPS) is 18.8. The molecule has 0 bridgehead atoms. The Morgan fingerprint density at radius 3 is 3.06 bits per heavy atom. The molecule has 0 saturated carbocycles. The van der Waals surface area contributed by atoms with E-state index in [2.05, 4.69) is 10.3 Å². The molecule has 0 aromatic carbocycles. The number of thiazole rings is 1. The van der Waals surface area contributed by atoms with E-state index in [4.69, 9.17) is 9.84 Å². The third kappa shape index (κ3) is 3.51. The second kappa shape index (κ2) is 5.92. The molecular weight excluding hydrogens is 256 g/mol. The summed E-state index contributed by atoms with van der Waals surface area (Å²) in [5.74, 6) is -1.14. The van der Waals surface area contributed by atoms with Gasteiger partial charge in [-0.3, -0.25) is 4.79 Å². The fourth-order valence-electron chi connectivity index (χ4n) is 1.75. The molecule has 18 heavy (non-hydrogen) atoms. The number of amides is 1. The Morgan fingerprint density at radius 2 is 2.44 bits per heavy atom. The number of aromatic nitrogens is 1. The van der Waals surface area contributed by atoms with Gasteiger partial charge in [-0.05, 0) is 12.8 Å². The molecule has 1 atom stereocenters. The molecule has 1 aromatic rings. The summed E-state index contributed by atoms with van der Waals surface area (Å²) >= 11 is 1.22. The highest BCUT2D eigenvalue weighted by Crippen LogP contribution is 2.15. The van der Waals surface area contributed by atoms with Crippen molar-refractivity contribution in [2.24, 2.45) is 0 Å². The number of ether oxygens (including phenoxy) is 1. The Hall–Kier alpha value is -1.47. The van der Waals surface area contributed by atoms with E-state index >= 15 is 0 Å². The van der Waals surface area contributed by atoms with E-state index in [0.29, 0.717) is 11.4 Å². The van der Waals surface area contributed by atoms with E-state index in [1.165, 1.54) is 16.7 Å². The van der Waals surface area contributed by atoms with Crippen LogP contribution in [0.1, 0.15) is 34.8 Å². The maximum Gasteiger partial charge on any atom is 0.355 e. The lowest BCUT2D eigenvalue weighted by atomic mass is 10.2. The van der Waals surface area contributed by atoms with E-state index in [-0.39, 0.29) is 24.2 Å². The van der Waals surface area contributed by atoms with Crippen molar-refractivity contribution in [3.63, 3.8) is 0 Å². The minimum atomic E-state index is -1.05. The van der Waals surface area contributed by atoms with Crippen molar-refractivity contribution in [1.29, 1.82) is 0 Å². The summed E-state index contributed by atoms with van der Waals surface area (Å²) in [6.45, 7) is 0.996. The second-order valence-corrected chi connectivity index (χ2v) is 4.99. The summed E-state index contributed by atoms with van der Waals surface area (Å²) in [6, 6.07) is 0. The average molecular weight is 270 g/mol. The largest absolute Gasteiger partial charge is 0.476 e. The number of carboxylic acids is 1. The summed E-state index contributed by atoms with van der Waals surface area (Å²) in [5, 5.41) is 13.5. The van der Waals surface area contributed by atoms with Crippen molar-refractivity contribution in [1.82, 2.24) is 10.3 Å². The van der Waals surface area contributed by atoms with Gasteiger partial charge < -0.3 is 15.2 Å². The molecule has 1 saturated heterocycles. The number of rotatable bonds is 5. The Bertz CT molecular complexity index is 440. The maximum absolute atomic E-state index is 11.6. The van der Waals surface area contributed by atoms with Crippen LogP contribution in [-0.4, -0.2) is 34.7 Å². The third-order valence-corrected chi connectivity index (χ3v) is 3.49. The van der Waals surface area contributed by atoms with Crippen molar-refractivity contribution >= 4 is 23.2 Å². The smallest absolute Gasteiger partial charge is 0.355 e. The highest BCUT2D eigenvalue weighted by Gasteiger charge is 2.19. The van der Waals surface area contributed by atoms with Gasteiger partial charge in [0, 0.05) is 12.0 Å². The van der Waals surface area contributed by atoms with Gasteiger partial charge in [0.15, 0.2) is 5.69 Å². The van der Waals surface area contributed by atoms with Crippen LogP contribution in [0.2, 0.25) is 0 Å². The van der Waals surface area contributed by atoms with Crippen LogP contribution >= 0.6 is 11.3 Å². The lowest BCUT2D eigenvalue weighted by Crippen LogP contribution is -2.26. The number of carbonyl (C=O) groups excluding carboxylic acids is 1. The first-order valence-corrected chi connectivity index (χ1v) is 6.59. The Kier molecular flexibility index (Phi) is 4.27. The van der Waals surface area contributed by atoms with Crippen LogP contribution in [0.15, 0.2) is 5.38 Å². The summed E-state index contributed by atoms with van der Waals surface area (Å²) in [6.07, 6.45) is 2.31. The molecule has 0 spiro atoms. The second-order valence-electron chi connectivity index (χ2n) is 4.05. The zero-order valence-electron chi connectivity index (χ0n) is 9.72. The molecule has 6 nitrogen and oxygen atoms in total. The van der Waals surface area contributed by atoms with Crippen LogP contribution in [0.25, 0.3) is 0 Å². The molecule has 2 rings (SSSR count). The van der Waals surface area contributed by atoms with Crippen molar-refractivity contribution in [3.05, 3.63) is 16.1 Å². The van der Waals surface area contributed by atoms with Gasteiger partial charge in [0.1, 0.15) is 5.01 Å². The molecule has 0 aliphatic carbocycles. The van der Waals surface area contributed by atoms with Crippen molar-refractivity contribution in [2.75, 3.05) is 6.61 Å². The van der Waals surface area contributed by atoms with Gasteiger partial charge in [0.05, 0.1) is 19.1 Å². The quantitative estimate of drug-likeness (QED) is 0.834. The minimum Gasteiger partial charge on any atom is -0.476 e. The molecule has 0 unspecified atom stereocenters. The molecule has 7 heteroatoms. The summed E-state index contributed by atoms with van der Waals surface area (Å²) in [5.41, 5.74) is 0.0170. The van der Waals surface area contributed by atoms with E-state index in [0.717, 1.165) is 19.4 Å². The van der Waals surface area contributed by atoms with Gasteiger partial charge in [0.25, 0.3) is 0 Å². The highest BCUT2D eigenvalue weighted by molar-refractivity contribution is 7.09. The zero-order valence-corrected chi connectivity index (χ0v) is 10.5. The van der Waals surface area contributed by atoms with Crippen LogP contribution in [0.3, 0.4) is 0 Å². The van der Waals surface area contributed by atoms with Crippen molar-refractivity contribution < 1.29 is 19.4 Å². The number of carbonyl (C=O) groups is 2. The average Bonchev–Trinajstić information content (AvgIpc) is 2.96. The number of carboxylic acid groups (broad SMARTS) is 1. The molecule has 1 aliphatic heterocycles. The molecule has 2 N–H and O–H groups in total. The number of nitrogens with one attached hydrogen (secondary N) is 1.